The minimum absolute atomic E-state index is 0.253. The molecule has 1 fully saturated rings. The maximum Gasteiger partial charge on any atom is 0.339 e. The molecule has 0 aromatic carbocycles. The first kappa shape index (κ1) is 12.8. The van der Waals surface area contributed by atoms with Gasteiger partial charge in [-0.3, -0.25) is 9.67 Å². The lowest BCUT2D eigenvalue weighted by Gasteiger charge is -2.21. The van der Waals surface area contributed by atoms with Crippen LogP contribution in [0.5, 0.6) is 0 Å². The van der Waals surface area contributed by atoms with Gasteiger partial charge in [0.2, 0.25) is 0 Å². The third-order valence-electron chi connectivity index (χ3n) is 3.85. The van der Waals surface area contributed by atoms with E-state index in [-0.39, 0.29) is 5.56 Å². The van der Waals surface area contributed by atoms with Crippen molar-refractivity contribution in [2.75, 3.05) is 0 Å². The minimum Gasteiger partial charge on any atom is -0.478 e. The number of rotatable bonds is 3. The van der Waals surface area contributed by atoms with Gasteiger partial charge < -0.3 is 5.11 Å². The first-order valence-electron chi connectivity index (χ1n) is 6.98. The molecule has 0 bridgehead atoms. The van der Waals surface area contributed by atoms with Crippen LogP contribution in [-0.2, 0) is 0 Å². The lowest BCUT2D eigenvalue weighted by molar-refractivity contribution is 0.0697. The highest BCUT2D eigenvalue weighted by atomic mass is 16.4. The van der Waals surface area contributed by atoms with Crippen LogP contribution in [-0.4, -0.2) is 25.8 Å². The van der Waals surface area contributed by atoms with Crippen LogP contribution in [0.25, 0.3) is 11.3 Å². The summed E-state index contributed by atoms with van der Waals surface area (Å²) in [6, 6.07) is 3.96. The SMILES string of the molecule is O=C(O)c1cn(C2CCCCC2)nc1-c1cccnc1. The highest BCUT2D eigenvalue weighted by Crippen LogP contribution is 2.30. The third kappa shape index (κ3) is 2.43. The van der Waals surface area contributed by atoms with Crippen LogP contribution in [0.4, 0.5) is 0 Å². The van der Waals surface area contributed by atoms with E-state index < -0.39 is 5.97 Å². The Morgan fingerprint density at radius 3 is 2.75 bits per heavy atom. The fourth-order valence-electron chi connectivity index (χ4n) is 2.80. The van der Waals surface area contributed by atoms with Crippen molar-refractivity contribution in [2.24, 2.45) is 0 Å². The zero-order chi connectivity index (χ0) is 13.9. The maximum absolute atomic E-state index is 11.4. The molecule has 0 amide bonds. The Hall–Kier alpha value is -2.17. The lowest BCUT2D eigenvalue weighted by atomic mass is 9.96. The van der Waals surface area contributed by atoms with Gasteiger partial charge in [-0.05, 0) is 25.0 Å². The van der Waals surface area contributed by atoms with Crippen molar-refractivity contribution in [1.82, 2.24) is 14.8 Å². The van der Waals surface area contributed by atoms with Crippen LogP contribution in [0.3, 0.4) is 0 Å². The van der Waals surface area contributed by atoms with Gasteiger partial charge in [0.15, 0.2) is 0 Å². The van der Waals surface area contributed by atoms with E-state index in [1.807, 2.05) is 10.7 Å². The standard InChI is InChI=1S/C15H17N3O2/c19-15(20)13-10-18(12-6-2-1-3-7-12)17-14(13)11-5-4-8-16-9-11/h4-5,8-10,12H,1-3,6-7H2,(H,19,20). The van der Waals surface area contributed by atoms with Crippen molar-refractivity contribution >= 4 is 5.97 Å². The van der Waals surface area contributed by atoms with Crippen LogP contribution in [0, 0.1) is 0 Å². The smallest absolute Gasteiger partial charge is 0.339 e. The fraction of sp³-hybridized carbons (Fsp3) is 0.400. The van der Waals surface area contributed by atoms with Gasteiger partial charge >= 0.3 is 5.97 Å². The number of hydrogen-bond acceptors (Lipinski definition) is 3. The quantitative estimate of drug-likeness (QED) is 0.931. The summed E-state index contributed by atoms with van der Waals surface area (Å²) in [4.78, 5) is 15.5. The molecule has 1 aliphatic carbocycles. The second-order valence-corrected chi connectivity index (χ2v) is 5.21. The van der Waals surface area contributed by atoms with Crippen LogP contribution < -0.4 is 0 Å². The summed E-state index contributed by atoms with van der Waals surface area (Å²) >= 11 is 0. The van der Waals surface area contributed by atoms with Crippen molar-refractivity contribution in [3.63, 3.8) is 0 Å². The summed E-state index contributed by atoms with van der Waals surface area (Å²) in [5, 5.41) is 13.9. The number of carbonyl (C=O) groups is 1. The largest absolute Gasteiger partial charge is 0.478 e. The summed E-state index contributed by atoms with van der Waals surface area (Å²) in [7, 11) is 0. The highest BCUT2D eigenvalue weighted by Gasteiger charge is 2.22. The molecule has 104 valence electrons. The number of carboxylic acids is 1. The number of hydrogen-bond donors (Lipinski definition) is 1. The molecule has 1 aliphatic rings. The van der Waals surface area contributed by atoms with E-state index in [4.69, 9.17) is 0 Å². The monoisotopic (exact) mass is 271 g/mol. The number of pyridine rings is 1. The van der Waals surface area contributed by atoms with E-state index in [1.165, 1.54) is 19.3 Å². The average Bonchev–Trinajstić information content (AvgIpc) is 2.94. The number of aromatic nitrogens is 3. The Labute approximate surface area is 117 Å². The molecule has 0 aliphatic heterocycles. The molecule has 5 nitrogen and oxygen atoms in total. The van der Waals surface area contributed by atoms with Gasteiger partial charge in [-0.25, -0.2) is 4.79 Å². The molecule has 2 heterocycles. The van der Waals surface area contributed by atoms with Gasteiger partial charge in [0.05, 0.1) is 6.04 Å². The van der Waals surface area contributed by atoms with Gasteiger partial charge in [0.25, 0.3) is 0 Å². The average molecular weight is 271 g/mol. The topological polar surface area (TPSA) is 68.0 Å². The molecule has 0 atom stereocenters. The van der Waals surface area contributed by atoms with E-state index >= 15 is 0 Å². The molecular formula is C15H17N3O2. The Morgan fingerprint density at radius 1 is 1.30 bits per heavy atom. The molecule has 5 heteroatoms. The van der Waals surface area contributed by atoms with Crippen molar-refractivity contribution in [2.45, 2.75) is 38.1 Å². The molecule has 1 saturated carbocycles. The molecule has 0 unspecified atom stereocenters. The van der Waals surface area contributed by atoms with Crippen molar-refractivity contribution in [3.05, 3.63) is 36.3 Å². The molecular weight excluding hydrogens is 254 g/mol. The molecule has 0 saturated heterocycles. The van der Waals surface area contributed by atoms with Crippen LogP contribution in [0.1, 0.15) is 48.5 Å². The second-order valence-electron chi connectivity index (χ2n) is 5.21. The molecule has 0 spiro atoms. The van der Waals surface area contributed by atoms with Crippen molar-refractivity contribution in [3.8, 4) is 11.3 Å². The van der Waals surface area contributed by atoms with E-state index in [0.29, 0.717) is 11.7 Å². The Balaban J connectivity index is 2.00. The van der Waals surface area contributed by atoms with Crippen molar-refractivity contribution in [1.29, 1.82) is 0 Å². The van der Waals surface area contributed by atoms with Gasteiger partial charge in [-0.1, -0.05) is 19.3 Å². The molecule has 20 heavy (non-hydrogen) atoms. The van der Waals surface area contributed by atoms with E-state index in [0.717, 1.165) is 18.4 Å². The van der Waals surface area contributed by atoms with Gasteiger partial charge in [0.1, 0.15) is 11.3 Å². The second kappa shape index (κ2) is 5.45. The normalized spacial score (nSPS) is 16.2. The van der Waals surface area contributed by atoms with E-state index in [9.17, 15) is 9.90 Å². The number of aromatic carboxylic acids is 1. The fourth-order valence-corrected chi connectivity index (χ4v) is 2.80. The molecule has 2 aromatic rings. The number of nitrogens with zero attached hydrogens (tertiary/aromatic N) is 3. The van der Waals surface area contributed by atoms with Crippen LogP contribution in [0.2, 0.25) is 0 Å². The summed E-state index contributed by atoms with van der Waals surface area (Å²) in [5.74, 6) is -0.939. The minimum atomic E-state index is -0.939. The molecule has 2 aromatic heterocycles. The highest BCUT2D eigenvalue weighted by molar-refractivity contribution is 5.94. The van der Waals surface area contributed by atoms with Crippen LogP contribution >= 0.6 is 0 Å². The summed E-state index contributed by atoms with van der Waals surface area (Å²) in [5.41, 5.74) is 1.51. The van der Waals surface area contributed by atoms with Crippen molar-refractivity contribution < 1.29 is 9.90 Å². The zero-order valence-electron chi connectivity index (χ0n) is 11.2. The Kier molecular flexibility index (Phi) is 3.50. The van der Waals surface area contributed by atoms with Gasteiger partial charge in [0, 0.05) is 24.2 Å². The molecule has 0 radical (unpaired) electrons. The number of carboxylic acid groups (broad SMARTS) is 1. The summed E-state index contributed by atoms with van der Waals surface area (Å²) in [6.07, 6.45) is 10.8. The van der Waals surface area contributed by atoms with E-state index in [2.05, 4.69) is 10.1 Å². The Bertz CT molecular complexity index is 601. The third-order valence-corrected chi connectivity index (χ3v) is 3.85. The lowest BCUT2D eigenvalue weighted by Crippen LogP contribution is -2.13. The first-order valence-corrected chi connectivity index (χ1v) is 6.98. The molecule has 1 N–H and O–H groups in total. The van der Waals surface area contributed by atoms with Crippen LogP contribution in [0.15, 0.2) is 30.7 Å². The summed E-state index contributed by atoms with van der Waals surface area (Å²) in [6.45, 7) is 0. The van der Waals surface area contributed by atoms with Gasteiger partial charge in [-0.15, -0.1) is 0 Å². The zero-order valence-corrected chi connectivity index (χ0v) is 11.2. The molecule has 3 rings (SSSR count). The maximum atomic E-state index is 11.4. The predicted octanol–water partition coefficient (Wildman–Crippen LogP) is 3.15. The predicted molar refractivity (Wildman–Crippen MR) is 74.5 cm³/mol. The van der Waals surface area contributed by atoms with Gasteiger partial charge in [-0.2, -0.15) is 5.10 Å². The first-order chi connectivity index (χ1) is 9.75. The van der Waals surface area contributed by atoms with E-state index in [1.54, 1.807) is 24.7 Å². The Morgan fingerprint density at radius 2 is 2.10 bits per heavy atom. The summed E-state index contributed by atoms with van der Waals surface area (Å²) < 4.78 is 1.84.